The summed E-state index contributed by atoms with van der Waals surface area (Å²) < 4.78 is 0. The summed E-state index contributed by atoms with van der Waals surface area (Å²) in [7, 11) is 0. The van der Waals surface area contributed by atoms with Gasteiger partial charge in [-0.3, -0.25) is 9.78 Å². The molecule has 3 aromatic rings. The standard InChI is InChI=1S/C23H25N5O/c29-23(18-6-8-20(9-7-18)27-21-10-13-24-14-11-21)26-17-19-5-4-12-25-22(19)28-15-2-1-3-16-28/h4-14H,1-3,15-17H2,(H,24,27)(H,26,29). The van der Waals surface area contributed by atoms with Crippen molar-refractivity contribution in [3.63, 3.8) is 0 Å². The van der Waals surface area contributed by atoms with Crippen LogP contribution >= 0.6 is 0 Å². The van der Waals surface area contributed by atoms with Gasteiger partial charge in [0.1, 0.15) is 5.82 Å². The summed E-state index contributed by atoms with van der Waals surface area (Å²) in [6.07, 6.45) is 8.97. The fourth-order valence-corrected chi connectivity index (χ4v) is 3.54. The number of rotatable bonds is 6. The molecule has 0 atom stereocenters. The number of anilines is 3. The summed E-state index contributed by atoms with van der Waals surface area (Å²) in [6.45, 7) is 2.53. The van der Waals surface area contributed by atoms with Crippen molar-refractivity contribution in [3.05, 3.63) is 78.2 Å². The highest BCUT2D eigenvalue weighted by Crippen LogP contribution is 2.22. The second kappa shape index (κ2) is 9.19. The third-order valence-electron chi connectivity index (χ3n) is 5.08. The fraction of sp³-hybridized carbons (Fsp3) is 0.261. The number of carbonyl (C=O) groups is 1. The van der Waals surface area contributed by atoms with Crippen molar-refractivity contribution in [2.45, 2.75) is 25.8 Å². The number of hydrogen-bond donors (Lipinski definition) is 2. The third kappa shape index (κ3) is 4.90. The van der Waals surface area contributed by atoms with Gasteiger partial charge in [0.15, 0.2) is 0 Å². The van der Waals surface area contributed by atoms with Gasteiger partial charge in [-0.05, 0) is 61.7 Å². The highest BCUT2D eigenvalue weighted by atomic mass is 16.1. The molecule has 1 aliphatic rings. The molecule has 1 amide bonds. The molecule has 2 aromatic heterocycles. The van der Waals surface area contributed by atoms with Gasteiger partial charge >= 0.3 is 0 Å². The van der Waals surface area contributed by atoms with Gasteiger partial charge in [-0.2, -0.15) is 0 Å². The Bertz CT molecular complexity index is 937. The first-order valence-electron chi connectivity index (χ1n) is 10.0. The maximum absolute atomic E-state index is 12.6. The van der Waals surface area contributed by atoms with E-state index in [0.29, 0.717) is 12.1 Å². The summed E-state index contributed by atoms with van der Waals surface area (Å²) in [5.41, 5.74) is 3.57. The monoisotopic (exact) mass is 387 g/mol. The Morgan fingerprint density at radius 1 is 0.897 bits per heavy atom. The lowest BCUT2D eigenvalue weighted by atomic mass is 10.1. The molecule has 3 heterocycles. The highest BCUT2D eigenvalue weighted by Gasteiger charge is 2.16. The predicted octanol–water partition coefficient (Wildman–Crippen LogP) is 4.14. The number of amides is 1. The second-order valence-electron chi connectivity index (χ2n) is 7.15. The quantitative estimate of drug-likeness (QED) is 0.665. The zero-order chi connectivity index (χ0) is 19.9. The molecule has 6 nitrogen and oxygen atoms in total. The Labute approximate surface area is 171 Å². The minimum Gasteiger partial charge on any atom is -0.356 e. The van der Waals surface area contributed by atoms with E-state index in [1.54, 1.807) is 12.4 Å². The number of hydrogen-bond acceptors (Lipinski definition) is 5. The van der Waals surface area contributed by atoms with Crippen LogP contribution in [-0.2, 0) is 6.54 Å². The largest absolute Gasteiger partial charge is 0.356 e. The van der Waals surface area contributed by atoms with Gasteiger partial charge < -0.3 is 15.5 Å². The summed E-state index contributed by atoms with van der Waals surface area (Å²) in [6, 6.07) is 15.2. The molecule has 2 N–H and O–H groups in total. The van der Waals surface area contributed by atoms with E-state index < -0.39 is 0 Å². The minimum absolute atomic E-state index is 0.0890. The number of carbonyl (C=O) groups excluding carboxylic acids is 1. The molecular weight excluding hydrogens is 362 g/mol. The number of piperidine rings is 1. The van der Waals surface area contributed by atoms with E-state index in [-0.39, 0.29) is 5.91 Å². The molecule has 1 aliphatic heterocycles. The van der Waals surface area contributed by atoms with Crippen molar-refractivity contribution in [3.8, 4) is 0 Å². The Hall–Kier alpha value is -3.41. The Morgan fingerprint density at radius 3 is 2.38 bits per heavy atom. The van der Waals surface area contributed by atoms with Gasteiger partial charge in [-0.25, -0.2) is 4.98 Å². The van der Waals surface area contributed by atoms with Gasteiger partial charge in [0.2, 0.25) is 0 Å². The first-order chi connectivity index (χ1) is 14.3. The van der Waals surface area contributed by atoms with Crippen LogP contribution in [0.2, 0.25) is 0 Å². The first-order valence-corrected chi connectivity index (χ1v) is 10.0. The molecule has 0 radical (unpaired) electrons. The fourth-order valence-electron chi connectivity index (χ4n) is 3.54. The van der Waals surface area contributed by atoms with E-state index in [1.807, 2.05) is 54.7 Å². The van der Waals surface area contributed by atoms with Crippen LogP contribution in [0.1, 0.15) is 35.2 Å². The van der Waals surface area contributed by atoms with Crippen molar-refractivity contribution in [2.75, 3.05) is 23.3 Å². The molecule has 1 saturated heterocycles. The van der Waals surface area contributed by atoms with E-state index in [4.69, 9.17) is 0 Å². The lowest BCUT2D eigenvalue weighted by Crippen LogP contribution is -2.32. The highest BCUT2D eigenvalue weighted by molar-refractivity contribution is 5.94. The average molecular weight is 387 g/mol. The smallest absolute Gasteiger partial charge is 0.251 e. The SMILES string of the molecule is O=C(NCc1cccnc1N1CCCCC1)c1ccc(Nc2ccncc2)cc1. The Kier molecular flexibility index (Phi) is 6.00. The molecule has 0 unspecified atom stereocenters. The van der Waals surface area contributed by atoms with Crippen LogP contribution in [0.15, 0.2) is 67.1 Å². The van der Waals surface area contributed by atoms with E-state index in [0.717, 1.165) is 35.8 Å². The van der Waals surface area contributed by atoms with Crippen LogP contribution in [0.5, 0.6) is 0 Å². The van der Waals surface area contributed by atoms with Crippen LogP contribution in [0.3, 0.4) is 0 Å². The number of nitrogens with zero attached hydrogens (tertiary/aromatic N) is 3. The van der Waals surface area contributed by atoms with Crippen molar-refractivity contribution in [2.24, 2.45) is 0 Å². The van der Waals surface area contributed by atoms with Gasteiger partial charge in [0.25, 0.3) is 5.91 Å². The maximum Gasteiger partial charge on any atom is 0.251 e. The zero-order valence-electron chi connectivity index (χ0n) is 16.3. The van der Waals surface area contributed by atoms with Gasteiger partial charge in [0, 0.05) is 60.7 Å². The molecule has 0 spiro atoms. The third-order valence-corrected chi connectivity index (χ3v) is 5.08. The molecule has 29 heavy (non-hydrogen) atoms. The van der Waals surface area contributed by atoms with Crippen molar-refractivity contribution in [1.29, 1.82) is 0 Å². The lowest BCUT2D eigenvalue weighted by Gasteiger charge is -2.29. The van der Waals surface area contributed by atoms with Crippen LogP contribution < -0.4 is 15.5 Å². The van der Waals surface area contributed by atoms with E-state index in [2.05, 4.69) is 25.5 Å². The molecular formula is C23H25N5O. The molecule has 0 saturated carbocycles. The van der Waals surface area contributed by atoms with Crippen molar-refractivity contribution >= 4 is 23.1 Å². The molecule has 4 rings (SSSR count). The molecule has 0 aliphatic carbocycles. The van der Waals surface area contributed by atoms with Gasteiger partial charge in [-0.1, -0.05) is 6.07 Å². The zero-order valence-corrected chi connectivity index (χ0v) is 16.3. The Morgan fingerprint density at radius 2 is 1.62 bits per heavy atom. The van der Waals surface area contributed by atoms with E-state index >= 15 is 0 Å². The van der Waals surface area contributed by atoms with Crippen LogP contribution in [-0.4, -0.2) is 29.0 Å². The average Bonchev–Trinajstić information content (AvgIpc) is 2.79. The van der Waals surface area contributed by atoms with Crippen molar-refractivity contribution in [1.82, 2.24) is 15.3 Å². The molecule has 1 fully saturated rings. The summed E-state index contributed by atoms with van der Waals surface area (Å²) >= 11 is 0. The lowest BCUT2D eigenvalue weighted by molar-refractivity contribution is 0.0951. The molecule has 0 bridgehead atoms. The number of pyridine rings is 2. The van der Waals surface area contributed by atoms with Gasteiger partial charge in [0.05, 0.1) is 0 Å². The van der Waals surface area contributed by atoms with E-state index in [9.17, 15) is 4.79 Å². The number of aromatic nitrogens is 2. The normalized spacial score (nSPS) is 13.7. The van der Waals surface area contributed by atoms with Crippen LogP contribution in [0, 0.1) is 0 Å². The first kappa shape index (κ1) is 18.9. The molecule has 148 valence electrons. The predicted molar refractivity (Wildman–Crippen MR) is 115 cm³/mol. The number of benzene rings is 1. The van der Waals surface area contributed by atoms with Crippen LogP contribution in [0.4, 0.5) is 17.2 Å². The van der Waals surface area contributed by atoms with Crippen molar-refractivity contribution < 1.29 is 4.79 Å². The second-order valence-corrected chi connectivity index (χ2v) is 7.15. The molecule has 6 heteroatoms. The minimum atomic E-state index is -0.0890. The maximum atomic E-state index is 12.6. The summed E-state index contributed by atoms with van der Waals surface area (Å²) in [5, 5.41) is 6.32. The van der Waals surface area contributed by atoms with E-state index in [1.165, 1.54) is 19.3 Å². The summed E-state index contributed by atoms with van der Waals surface area (Å²) in [5.74, 6) is 0.901. The molecule has 1 aromatic carbocycles. The number of nitrogens with one attached hydrogen (secondary N) is 2. The summed E-state index contributed by atoms with van der Waals surface area (Å²) in [4.78, 5) is 23.5. The van der Waals surface area contributed by atoms with Crippen LogP contribution in [0.25, 0.3) is 0 Å². The van der Waals surface area contributed by atoms with Gasteiger partial charge in [-0.15, -0.1) is 0 Å². The topological polar surface area (TPSA) is 70.2 Å². The Balaban J connectivity index is 1.37.